The van der Waals surface area contributed by atoms with E-state index < -0.39 is 32.6 Å². The Bertz CT molecular complexity index is 627. The number of hydrogen-bond acceptors (Lipinski definition) is 4. The maximum Gasteiger partial charge on any atom is 0.243 e. The summed E-state index contributed by atoms with van der Waals surface area (Å²) in [6, 6.07) is 1.77. The van der Waals surface area contributed by atoms with Gasteiger partial charge < -0.3 is 4.90 Å². The number of sulfonamides is 1. The summed E-state index contributed by atoms with van der Waals surface area (Å²) >= 11 is 0. The molecule has 0 aromatic heterocycles. The summed E-state index contributed by atoms with van der Waals surface area (Å²) in [4.78, 5) is 0.678. The molecule has 1 N–H and O–H groups in total. The Labute approximate surface area is 109 Å². The van der Waals surface area contributed by atoms with Crippen LogP contribution in [0.15, 0.2) is 23.1 Å². The summed E-state index contributed by atoms with van der Waals surface area (Å²) in [7, 11) is -4.13. The molecule has 0 unspecified atom stereocenters. The molecule has 1 fully saturated rings. The van der Waals surface area contributed by atoms with Gasteiger partial charge >= 0.3 is 0 Å². The number of nitrogens with zero attached hydrogens (tertiary/aromatic N) is 2. The molecule has 8 heteroatoms. The molecule has 1 atom stereocenters. The van der Waals surface area contributed by atoms with E-state index in [1.165, 1.54) is 4.90 Å². The molecule has 0 amide bonds. The number of rotatable bonds is 3. The topological polar surface area (TPSA) is 73.2 Å². The maximum atomic E-state index is 13.4. The fourth-order valence-electron chi connectivity index (χ4n) is 1.91. The van der Waals surface area contributed by atoms with Crippen LogP contribution in [-0.4, -0.2) is 32.4 Å². The summed E-state index contributed by atoms with van der Waals surface area (Å²) in [5.41, 5.74) is 0. The number of benzene rings is 1. The Hall–Kier alpha value is -1.72. The lowest BCUT2D eigenvalue weighted by Gasteiger charge is -2.13. The number of nitrogens with one attached hydrogen (secondary N) is 1. The normalized spacial score (nSPS) is 19.4. The fourth-order valence-corrected chi connectivity index (χ4v) is 3.26. The molecule has 1 aliphatic rings. The van der Waals surface area contributed by atoms with Crippen LogP contribution in [0.4, 0.5) is 8.78 Å². The molecule has 0 spiro atoms. The molecule has 0 bridgehead atoms. The standard InChI is InChI=1S/C11H11F2N3O2S/c12-8-1-2-10(13)11(5-8)19(17,18)15-9-3-4-16(6-9)7-14/h1-2,5,9,15H,3-4,6H2/t9-/m1/s1. The van der Waals surface area contributed by atoms with Crippen molar-refractivity contribution >= 4 is 10.0 Å². The molecule has 1 heterocycles. The van der Waals surface area contributed by atoms with Crippen molar-refractivity contribution in [2.24, 2.45) is 0 Å². The second kappa shape index (κ2) is 5.11. The minimum atomic E-state index is -4.13. The summed E-state index contributed by atoms with van der Waals surface area (Å²) < 4.78 is 52.6. The number of nitriles is 1. The lowest BCUT2D eigenvalue weighted by molar-refractivity contribution is 0.469. The first kappa shape index (κ1) is 13.7. The van der Waals surface area contributed by atoms with Crippen molar-refractivity contribution in [3.8, 4) is 6.19 Å². The molecule has 1 aromatic rings. The van der Waals surface area contributed by atoms with Gasteiger partial charge in [-0.05, 0) is 24.6 Å². The third kappa shape index (κ3) is 3.00. The van der Waals surface area contributed by atoms with Crippen molar-refractivity contribution in [2.45, 2.75) is 17.4 Å². The zero-order chi connectivity index (χ0) is 14.0. The van der Waals surface area contributed by atoms with Gasteiger partial charge in [-0.3, -0.25) is 0 Å². The molecule has 0 saturated carbocycles. The SMILES string of the molecule is N#CN1CC[C@@H](NS(=O)(=O)c2cc(F)ccc2F)C1. The highest BCUT2D eigenvalue weighted by Gasteiger charge is 2.28. The molecular weight excluding hydrogens is 276 g/mol. The quantitative estimate of drug-likeness (QED) is 0.835. The van der Waals surface area contributed by atoms with Gasteiger partial charge in [-0.25, -0.2) is 21.9 Å². The highest BCUT2D eigenvalue weighted by atomic mass is 32.2. The zero-order valence-electron chi connectivity index (χ0n) is 9.81. The molecule has 5 nitrogen and oxygen atoms in total. The predicted molar refractivity (Wildman–Crippen MR) is 62.3 cm³/mol. The van der Waals surface area contributed by atoms with Crippen LogP contribution in [0.2, 0.25) is 0 Å². The van der Waals surface area contributed by atoms with Crippen LogP contribution >= 0.6 is 0 Å². The molecule has 2 rings (SSSR count). The van der Waals surface area contributed by atoms with Gasteiger partial charge in [-0.1, -0.05) is 0 Å². The smallest absolute Gasteiger partial charge is 0.243 e. The lowest BCUT2D eigenvalue weighted by atomic mass is 10.3. The van der Waals surface area contributed by atoms with Crippen molar-refractivity contribution < 1.29 is 17.2 Å². The number of halogens is 2. The molecule has 1 aromatic carbocycles. The summed E-state index contributed by atoms with van der Waals surface area (Å²) in [5.74, 6) is -1.84. The van der Waals surface area contributed by atoms with Gasteiger partial charge in [-0.2, -0.15) is 5.26 Å². The van der Waals surface area contributed by atoms with Crippen molar-refractivity contribution in [3.05, 3.63) is 29.8 Å². The molecule has 19 heavy (non-hydrogen) atoms. The Morgan fingerprint density at radius 1 is 1.42 bits per heavy atom. The van der Waals surface area contributed by atoms with Gasteiger partial charge in [0.1, 0.15) is 16.5 Å². The average molecular weight is 287 g/mol. The number of likely N-dealkylation sites (tertiary alicyclic amines) is 1. The van der Waals surface area contributed by atoms with Crippen LogP contribution in [0.1, 0.15) is 6.42 Å². The highest BCUT2D eigenvalue weighted by Crippen LogP contribution is 2.18. The van der Waals surface area contributed by atoms with Crippen LogP contribution in [0, 0.1) is 23.1 Å². The summed E-state index contributed by atoms with van der Waals surface area (Å²) in [5, 5.41) is 8.67. The molecule has 0 radical (unpaired) electrons. The van der Waals surface area contributed by atoms with Gasteiger partial charge in [0, 0.05) is 19.1 Å². The van der Waals surface area contributed by atoms with E-state index in [0.717, 1.165) is 12.1 Å². The second-order valence-corrected chi connectivity index (χ2v) is 5.91. The minimum absolute atomic E-state index is 0.229. The molecule has 102 valence electrons. The van der Waals surface area contributed by atoms with Crippen molar-refractivity contribution in [3.63, 3.8) is 0 Å². The van der Waals surface area contributed by atoms with E-state index >= 15 is 0 Å². The monoisotopic (exact) mass is 287 g/mol. The van der Waals surface area contributed by atoms with Crippen LogP contribution in [0.5, 0.6) is 0 Å². The largest absolute Gasteiger partial charge is 0.309 e. The first-order chi connectivity index (χ1) is 8.92. The van der Waals surface area contributed by atoms with E-state index in [2.05, 4.69) is 4.72 Å². The summed E-state index contributed by atoms with van der Waals surface area (Å²) in [6.07, 6.45) is 2.35. The van der Waals surface area contributed by atoms with Gasteiger partial charge in [0.2, 0.25) is 10.0 Å². The first-order valence-corrected chi connectivity index (χ1v) is 7.03. The zero-order valence-corrected chi connectivity index (χ0v) is 10.6. The van der Waals surface area contributed by atoms with Crippen LogP contribution in [0.3, 0.4) is 0 Å². The van der Waals surface area contributed by atoms with Crippen LogP contribution in [0.25, 0.3) is 0 Å². The minimum Gasteiger partial charge on any atom is -0.309 e. The Kier molecular flexibility index (Phi) is 3.68. The van der Waals surface area contributed by atoms with Gasteiger partial charge in [-0.15, -0.1) is 0 Å². The molecule has 0 aliphatic carbocycles. The second-order valence-electron chi connectivity index (χ2n) is 4.23. The average Bonchev–Trinajstić information content (AvgIpc) is 2.79. The summed E-state index contributed by atoms with van der Waals surface area (Å²) in [6.45, 7) is 0.669. The van der Waals surface area contributed by atoms with E-state index in [9.17, 15) is 17.2 Å². The lowest BCUT2D eigenvalue weighted by Crippen LogP contribution is -2.36. The van der Waals surface area contributed by atoms with Crippen molar-refractivity contribution in [1.29, 1.82) is 5.26 Å². The van der Waals surface area contributed by atoms with Gasteiger partial charge in [0.25, 0.3) is 0 Å². The predicted octanol–water partition coefficient (Wildman–Crippen LogP) is 0.798. The molecule has 1 saturated heterocycles. The fraction of sp³-hybridized carbons (Fsp3) is 0.364. The molecule has 1 aliphatic heterocycles. The molecular formula is C11H11F2N3O2S. The first-order valence-electron chi connectivity index (χ1n) is 5.54. The van der Waals surface area contributed by atoms with E-state index in [1.807, 2.05) is 6.19 Å². The Morgan fingerprint density at radius 3 is 2.79 bits per heavy atom. The van der Waals surface area contributed by atoms with E-state index in [4.69, 9.17) is 5.26 Å². The van der Waals surface area contributed by atoms with Crippen molar-refractivity contribution in [1.82, 2.24) is 9.62 Å². The van der Waals surface area contributed by atoms with Crippen LogP contribution in [-0.2, 0) is 10.0 Å². The third-order valence-corrected chi connectivity index (χ3v) is 4.37. The maximum absolute atomic E-state index is 13.4. The van der Waals surface area contributed by atoms with E-state index in [0.29, 0.717) is 19.0 Å². The van der Waals surface area contributed by atoms with Gasteiger partial charge in [0.15, 0.2) is 6.19 Å². The third-order valence-electron chi connectivity index (χ3n) is 2.83. The Balaban J connectivity index is 2.20. The van der Waals surface area contributed by atoms with Crippen molar-refractivity contribution in [2.75, 3.05) is 13.1 Å². The van der Waals surface area contributed by atoms with Crippen LogP contribution < -0.4 is 4.72 Å². The number of hydrogen-bond donors (Lipinski definition) is 1. The van der Waals surface area contributed by atoms with E-state index in [-0.39, 0.29) is 6.54 Å². The van der Waals surface area contributed by atoms with Gasteiger partial charge in [0.05, 0.1) is 0 Å². The highest BCUT2D eigenvalue weighted by molar-refractivity contribution is 7.89. The Morgan fingerprint density at radius 2 is 2.16 bits per heavy atom. The van der Waals surface area contributed by atoms with E-state index in [1.54, 1.807) is 0 Å².